The first-order valence-electron chi connectivity index (χ1n) is 6.18. The minimum absolute atomic E-state index is 0.0223. The second-order valence-corrected chi connectivity index (χ2v) is 4.34. The molecule has 0 bridgehead atoms. The van der Waals surface area contributed by atoms with Crippen LogP contribution in [0.1, 0.15) is 48.5 Å². The molecule has 1 rings (SSSR count). The van der Waals surface area contributed by atoms with E-state index < -0.39 is 5.97 Å². The van der Waals surface area contributed by atoms with Crippen LogP contribution in [0.25, 0.3) is 0 Å². The maximum absolute atomic E-state index is 11.6. The summed E-state index contributed by atoms with van der Waals surface area (Å²) in [5.74, 6) is -0.973. The molecule has 0 aliphatic rings. The number of carbonyl (C=O) groups is 2. The van der Waals surface area contributed by atoms with Gasteiger partial charge in [-0.15, -0.1) is 0 Å². The number of nitrogens with one attached hydrogen (secondary N) is 1. The monoisotopic (exact) mass is 249 g/mol. The quantitative estimate of drug-likeness (QED) is 0.761. The summed E-state index contributed by atoms with van der Waals surface area (Å²) in [7, 11) is 0. The van der Waals surface area contributed by atoms with Crippen LogP contribution in [0.3, 0.4) is 0 Å². The Hall–Kier alpha value is -1.84. The Morgan fingerprint density at radius 2 is 2.00 bits per heavy atom. The van der Waals surface area contributed by atoms with Gasteiger partial charge in [-0.25, -0.2) is 4.79 Å². The molecule has 0 atom stereocenters. The average Bonchev–Trinajstić information content (AvgIpc) is 2.28. The van der Waals surface area contributed by atoms with Crippen molar-refractivity contribution in [3.63, 3.8) is 0 Å². The Bertz CT molecular complexity index is 441. The van der Waals surface area contributed by atoms with Crippen molar-refractivity contribution in [2.45, 2.75) is 39.5 Å². The molecule has 0 aromatic heterocycles. The van der Waals surface area contributed by atoms with E-state index >= 15 is 0 Å². The molecular formula is C14H19NO3. The van der Waals surface area contributed by atoms with Crippen molar-refractivity contribution in [3.05, 3.63) is 29.3 Å². The first-order valence-corrected chi connectivity index (χ1v) is 6.18. The molecule has 0 saturated carbocycles. The molecule has 0 aliphatic carbocycles. The van der Waals surface area contributed by atoms with Crippen molar-refractivity contribution in [1.82, 2.24) is 0 Å². The van der Waals surface area contributed by atoms with Crippen molar-refractivity contribution in [2.24, 2.45) is 0 Å². The second kappa shape index (κ2) is 6.79. The van der Waals surface area contributed by atoms with Crippen molar-refractivity contribution >= 4 is 17.6 Å². The Kier molecular flexibility index (Phi) is 5.36. The summed E-state index contributed by atoms with van der Waals surface area (Å²) in [4.78, 5) is 22.4. The average molecular weight is 249 g/mol. The molecule has 1 amide bonds. The summed E-state index contributed by atoms with van der Waals surface area (Å²) in [5.41, 5.74) is 1.56. The molecule has 0 spiro atoms. The van der Waals surface area contributed by atoms with Gasteiger partial charge in [-0.2, -0.15) is 0 Å². The van der Waals surface area contributed by atoms with Crippen molar-refractivity contribution < 1.29 is 14.7 Å². The zero-order valence-electron chi connectivity index (χ0n) is 10.8. The van der Waals surface area contributed by atoms with Gasteiger partial charge < -0.3 is 10.4 Å². The number of anilines is 1. The van der Waals surface area contributed by atoms with E-state index in [-0.39, 0.29) is 11.5 Å². The highest BCUT2D eigenvalue weighted by atomic mass is 16.4. The number of hydrogen-bond donors (Lipinski definition) is 2. The van der Waals surface area contributed by atoms with E-state index in [0.717, 1.165) is 19.3 Å². The lowest BCUT2D eigenvalue weighted by molar-refractivity contribution is -0.116. The number of carboxylic acid groups (broad SMARTS) is 1. The highest BCUT2D eigenvalue weighted by Crippen LogP contribution is 2.15. The van der Waals surface area contributed by atoms with Crippen molar-refractivity contribution in [1.29, 1.82) is 0 Å². The van der Waals surface area contributed by atoms with Crippen LogP contribution in [-0.4, -0.2) is 17.0 Å². The molecule has 2 N–H and O–H groups in total. The number of rotatable bonds is 6. The Morgan fingerprint density at radius 3 is 2.56 bits per heavy atom. The maximum Gasteiger partial charge on any atom is 0.335 e. The van der Waals surface area contributed by atoms with E-state index in [4.69, 9.17) is 5.11 Å². The summed E-state index contributed by atoms with van der Waals surface area (Å²) < 4.78 is 0. The van der Waals surface area contributed by atoms with Gasteiger partial charge in [-0.05, 0) is 37.1 Å². The lowest BCUT2D eigenvalue weighted by Crippen LogP contribution is -2.11. The van der Waals surface area contributed by atoms with Gasteiger partial charge >= 0.3 is 5.97 Å². The topological polar surface area (TPSA) is 66.4 Å². The number of aromatic carboxylic acids is 1. The summed E-state index contributed by atoms with van der Waals surface area (Å²) >= 11 is 0. The molecular weight excluding hydrogens is 230 g/mol. The van der Waals surface area contributed by atoms with Gasteiger partial charge in [0.05, 0.1) is 5.56 Å². The molecule has 4 heteroatoms. The number of unbranched alkanes of at least 4 members (excludes halogenated alkanes) is 2. The fourth-order valence-electron chi connectivity index (χ4n) is 1.74. The third-order valence-electron chi connectivity index (χ3n) is 2.75. The zero-order valence-corrected chi connectivity index (χ0v) is 10.8. The minimum atomic E-state index is -0.951. The number of hydrogen-bond acceptors (Lipinski definition) is 2. The van der Waals surface area contributed by atoms with Gasteiger partial charge in [0.2, 0.25) is 5.91 Å². The molecule has 4 nitrogen and oxygen atoms in total. The SMILES string of the molecule is CCCCCC(=O)Nc1ccc(C(=O)O)c(C)c1. The van der Waals surface area contributed by atoms with Gasteiger partial charge in [0.25, 0.3) is 0 Å². The molecule has 1 aromatic carbocycles. The van der Waals surface area contributed by atoms with Crippen LogP contribution in [0, 0.1) is 6.92 Å². The third-order valence-corrected chi connectivity index (χ3v) is 2.75. The predicted octanol–water partition coefficient (Wildman–Crippen LogP) is 3.21. The third kappa shape index (κ3) is 4.20. The van der Waals surface area contributed by atoms with E-state index in [1.165, 1.54) is 6.07 Å². The molecule has 0 fully saturated rings. The van der Waals surface area contributed by atoms with Gasteiger partial charge in [-0.3, -0.25) is 4.79 Å². The Balaban J connectivity index is 2.60. The molecule has 0 aliphatic heterocycles. The fraction of sp³-hybridized carbons (Fsp3) is 0.429. The van der Waals surface area contributed by atoms with E-state index in [0.29, 0.717) is 17.7 Å². The molecule has 0 unspecified atom stereocenters. The number of benzene rings is 1. The number of carbonyl (C=O) groups excluding carboxylic acids is 1. The van der Waals surface area contributed by atoms with Crippen LogP contribution in [0.15, 0.2) is 18.2 Å². The van der Waals surface area contributed by atoms with Crippen LogP contribution in [0.4, 0.5) is 5.69 Å². The Labute approximate surface area is 107 Å². The number of amides is 1. The summed E-state index contributed by atoms with van der Waals surface area (Å²) in [5, 5.41) is 11.7. The summed E-state index contributed by atoms with van der Waals surface area (Å²) in [6.45, 7) is 3.81. The second-order valence-electron chi connectivity index (χ2n) is 4.34. The Morgan fingerprint density at radius 1 is 1.28 bits per heavy atom. The smallest absolute Gasteiger partial charge is 0.335 e. The molecule has 0 radical (unpaired) electrons. The lowest BCUT2D eigenvalue weighted by atomic mass is 10.1. The molecule has 0 saturated heterocycles. The maximum atomic E-state index is 11.6. The predicted molar refractivity (Wildman–Crippen MR) is 70.9 cm³/mol. The highest BCUT2D eigenvalue weighted by molar-refractivity contribution is 5.93. The summed E-state index contributed by atoms with van der Waals surface area (Å²) in [6.07, 6.45) is 3.52. The van der Waals surface area contributed by atoms with Gasteiger partial charge in [0.1, 0.15) is 0 Å². The van der Waals surface area contributed by atoms with Crippen molar-refractivity contribution in [3.8, 4) is 0 Å². The normalized spacial score (nSPS) is 10.1. The van der Waals surface area contributed by atoms with E-state index in [2.05, 4.69) is 12.2 Å². The molecule has 1 aromatic rings. The van der Waals surface area contributed by atoms with Crippen LogP contribution in [0.2, 0.25) is 0 Å². The largest absolute Gasteiger partial charge is 0.478 e. The summed E-state index contributed by atoms with van der Waals surface area (Å²) in [6, 6.07) is 4.81. The standard InChI is InChI=1S/C14H19NO3/c1-3-4-5-6-13(16)15-11-7-8-12(14(17)18)10(2)9-11/h7-9H,3-6H2,1-2H3,(H,15,16)(H,17,18). The van der Waals surface area contributed by atoms with Gasteiger partial charge in [0, 0.05) is 12.1 Å². The first kappa shape index (κ1) is 14.2. The van der Waals surface area contributed by atoms with Crippen LogP contribution >= 0.6 is 0 Å². The van der Waals surface area contributed by atoms with Crippen LogP contribution in [0.5, 0.6) is 0 Å². The fourth-order valence-corrected chi connectivity index (χ4v) is 1.74. The molecule has 0 heterocycles. The van der Waals surface area contributed by atoms with E-state index in [1.54, 1.807) is 19.1 Å². The molecule has 18 heavy (non-hydrogen) atoms. The van der Waals surface area contributed by atoms with E-state index in [9.17, 15) is 9.59 Å². The molecule has 98 valence electrons. The van der Waals surface area contributed by atoms with Crippen LogP contribution in [-0.2, 0) is 4.79 Å². The van der Waals surface area contributed by atoms with Crippen molar-refractivity contribution in [2.75, 3.05) is 5.32 Å². The van der Waals surface area contributed by atoms with E-state index in [1.807, 2.05) is 0 Å². The minimum Gasteiger partial charge on any atom is -0.478 e. The lowest BCUT2D eigenvalue weighted by Gasteiger charge is -2.07. The van der Waals surface area contributed by atoms with Gasteiger partial charge in [0.15, 0.2) is 0 Å². The zero-order chi connectivity index (χ0) is 13.5. The number of carboxylic acids is 1. The van der Waals surface area contributed by atoms with Crippen LogP contribution < -0.4 is 5.32 Å². The first-order chi connectivity index (χ1) is 8.54. The number of aryl methyl sites for hydroxylation is 1. The van der Waals surface area contributed by atoms with Gasteiger partial charge in [-0.1, -0.05) is 19.8 Å². The highest BCUT2D eigenvalue weighted by Gasteiger charge is 2.08.